The summed E-state index contributed by atoms with van der Waals surface area (Å²) >= 11 is 0. The molecule has 1 atom stereocenters. The molecule has 1 aromatic carbocycles. The third-order valence-corrected chi connectivity index (χ3v) is 2.32. The average molecular weight is 236 g/mol. The number of hydrogen-bond donors (Lipinski definition) is 2. The molecule has 2 rings (SSSR count). The molecule has 0 fully saturated rings. The van der Waals surface area contributed by atoms with E-state index >= 15 is 0 Å². The summed E-state index contributed by atoms with van der Waals surface area (Å²) in [4.78, 5) is 7.90. The lowest BCUT2D eigenvalue weighted by Gasteiger charge is -2.15. The van der Waals surface area contributed by atoms with E-state index in [1.165, 1.54) is 30.7 Å². The van der Waals surface area contributed by atoms with Gasteiger partial charge < -0.3 is 0 Å². The molecule has 0 radical (unpaired) electrons. The van der Waals surface area contributed by atoms with Gasteiger partial charge in [0.15, 0.2) is 0 Å². The van der Waals surface area contributed by atoms with Crippen molar-refractivity contribution in [3.05, 3.63) is 59.7 Å². The molecule has 0 bridgehead atoms. The van der Waals surface area contributed by atoms with Crippen molar-refractivity contribution in [2.45, 2.75) is 6.04 Å². The lowest BCUT2D eigenvalue weighted by Crippen LogP contribution is -2.30. The lowest BCUT2D eigenvalue weighted by molar-refractivity contribution is 0.536. The van der Waals surface area contributed by atoms with E-state index in [9.17, 15) is 8.78 Å². The number of benzene rings is 1. The predicted molar refractivity (Wildman–Crippen MR) is 57.6 cm³/mol. The van der Waals surface area contributed by atoms with E-state index in [0.717, 1.165) is 6.07 Å². The molecule has 17 heavy (non-hydrogen) atoms. The van der Waals surface area contributed by atoms with Gasteiger partial charge in [-0.2, -0.15) is 0 Å². The Morgan fingerprint density at radius 3 is 2.65 bits per heavy atom. The zero-order valence-corrected chi connectivity index (χ0v) is 8.77. The van der Waals surface area contributed by atoms with Crippen LogP contribution >= 0.6 is 0 Å². The van der Waals surface area contributed by atoms with Crippen molar-refractivity contribution in [3.8, 4) is 0 Å². The Kier molecular flexibility index (Phi) is 3.36. The van der Waals surface area contributed by atoms with Crippen molar-refractivity contribution in [3.63, 3.8) is 0 Å². The normalized spacial score (nSPS) is 12.4. The first kappa shape index (κ1) is 11.6. The topological polar surface area (TPSA) is 63.8 Å². The highest BCUT2D eigenvalue weighted by Crippen LogP contribution is 2.22. The van der Waals surface area contributed by atoms with E-state index in [1.54, 1.807) is 0 Å². The Bertz CT molecular complexity index is 504. The minimum atomic E-state index is -0.682. The first-order valence-corrected chi connectivity index (χ1v) is 4.89. The van der Waals surface area contributed by atoms with Gasteiger partial charge >= 0.3 is 0 Å². The van der Waals surface area contributed by atoms with Gasteiger partial charge in [-0.05, 0) is 6.07 Å². The van der Waals surface area contributed by atoms with Crippen LogP contribution in [0.2, 0.25) is 0 Å². The van der Waals surface area contributed by atoms with Crippen LogP contribution in [-0.4, -0.2) is 9.97 Å². The van der Waals surface area contributed by atoms with Crippen LogP contribution in [0.5, 0.6) is 0 Å². The largest absolute Gasteiger partial charge is 0.271 e. The fourth-order valence-electron chi connectivity index (χ4n) is 1.53. The van der Waals surface area contributed by atoms with Crippen LogP contribution in [0.25, 0.3) is 0 Å². The van der Waals surface area contributed by atoms with Crippen molar-refractivity contribution in [2.75, 3.05) is 0 Å². The maximum Gasteiger partial charge on any atom is 0.131 e. The van der Waals surface area contributed by atoms with Crippen LogP contribution in [0.4, 0.5) is 8.78 Å². The van der Waals surface area contributed by atoms with E-state index in [2.05, 4.69) is 15.4 Å². The molecule has 0 saturated carbocycles. The van der Waals surface area contributed by atoms with Gasteiger partial charge in [-0.25, -0.2) is 14.2 Å². The summed E-state index contributed by atoms with van der Waals surface area (Å²) < 4.78 is 26.4. The summed E-state index contributed by atoms with van der Waals surface area (Å²) in [6.45, 7) is 0. The number of nitrogens with zero attached hydrogens (tertiary/aromatic N) is 2. The fraction of sp³-hybridized carbons (Fsp3) is 0.0909. The first-order chi connectivity index (χ1) is 8.22. The Balaban J connectivity index is 2.42. The molecule has 0 amide bonds. The minimum absolute atomic E-state index is 0.217. The molecule has 3 N–H and O–H groups in total. The van der Waals surface area contributed by atoms with Gasteiger partial charge in [0.2, 0.25) is 0 Å². The van der Waals surface area contributed by atoms with Crippen molar-refractivity contribution in [1.29, 1.82) is 0 Å². The molecule has 1 heterocycles. The molecule has 88 valence electrons. The van der Waals surface area contributed by atoms with Gasteiger partial charge in [-0.3, -0.25) is 15.8 Å². The predicted octanol–water partition coefficient (Wildman–Crippen LogP) is 1.31. The van der Waals surface area contributed by atoms with E-state index in [-0.39, 0.29) is 5.56 Å². The highest BCUT2D eigenvalue weighted by molar-refractivity contribution is 5.28. The van der Waals surface area contributed by atoms with Crippen LogP contribution < -0.4 is 11.3 Å². The standard InChI is InChI=1S/C11H10F2N4/c12-7-1-2-8(9(13)5-7)11(17-14)10-6-15-3-4-16-10/h1-6,11,17H,14H2. The quantitative estimate of drug-likeness (QED) is 0.623. The zero-order chi connectivity index (χ0) is 12.3. The molecule has 0 aliphatic heterocycles. The summed E-state index contributed by atoms with van der Waals surface area (Å²) in [5.74, 6) is 4.05. The van der Waals surface area contributed by atoms with Gasteiger partial charge in [0.1, 0.15) is 11.6 Å². The van der Waals surface area contributed by atoms with Gasteiger partial charge in [-0.1, -0.05) is 6.07 Å². The molecule has 0 aliphatic rings. The SMILES string of the molecule is NNC(c1cnccn1)c1ccc(F)cc1F. The highest BCUT2D eigenvalue weighted by Gasteiger charge is 2.18. The van der Waals surface area contributed by atoms with Crippen molar-refractivity contribution in [1.82, 2.24) is 15.4 Å². The van der Waals surface area contributed by atoms with E-state index < -0.39 is 17.7 Å². The fourth-order valence-corrected chi connectivity index (χ4v) is 1.53. The number of halogens is 2. The molecular formula is C11H10F2N4. The van der Waals surface area contributed by atoms with Crippen LogP contribution in [-0.2, 0) is 0 Å². The molecular weight excluding hydrogens is 226 g/mol. The summed E-state index contributed by atoms with van der Waals surface area (Å²) in [6.07, 6.45) is 4.44. The van der Waals surface area contributed by atoms with Crippen LogP contribution in [0.1, 0.15) is 17.3 Å². The zero-order valence-electron chi connectivity index (χ0n) is 8.77. The number of aromatic nitrogens is 2. The maximum absolute atomic E-state index is 13.6. The molecule has 0 aliphatic carbocycles. The second kappa shape index (κ2) is 4.94. The summed E-state index contributed by atoms with van der Waals surface area (Å²) in [6, 6.07) is 2.63. The minimum Gasteiger partial charge on any atom is -0.271 e. The van der Waals surface area contributed by atoms with Gasteiger partial charge in [-0.15, -0.1) is 0 Å². The molecule has 0 saturated heterocycles. The smallest absolute Gasteiger partial charge is 0.131 e. The molecule has 1 unspecified atom stereocenters. The Labute approximate surface area is 96.5 Å². The number of hydrogen-bond acceptors (Lipinski definition) is 4. The first-order valence-electron chi connectivity index (χ1n) is 4.89. The molecule has 2 aromatic rings. The van der Waals surface area contributed by atoms with Crippen molar-refractivity contribution < 1.29 is 8.78 Å². The average Bonchev–Trinajstić information content (AvgIpc) is 2.34. The molecule has 6 heteroatoms. The number of nitrogens with one attached hydrogen (secondary N) is 1. The highest BCUT2D eigenvalue weighted by atomic mass is 19.1. The van der Waals surface area contributed by atoms with Crippen LogP contribution in [0.15, 0.2) is 36.8 Å². The summed E-state index contributed by atoms with van der Waals surface area (Å²) in [7, 11) is 0. The maximum atomic E-state index is 13.6. The Morgan fingerprint density at radius 2 is 2.06 bits per heavy atom. The second-order valence-electron chi connectivity index (χ2n) is 3.40. The van der Waals surface area contributed by atoms with Crippen LogP contribution in [0.3, 0.4) is 0 Å². The van der Waals surface area contributed by atoms with Crippen LogP contribution in [0, 0.1) is 11.6 Å². The molecule has 0 spiro atoms. The van der Waals surface area contributed by atoms with Gasteiger partial charge in [0.25, 0.3) is 0 Å². The van der Waals surface area contributed by atoms with Gasteiger partial charge in [0.05, 0.1) is 17.9 Å². The van der Waals surface area contributed by atoms with E-state index in [4.69, 9.17) is 5.84 Å². The van der Waals surface area contributed by atoms with E-state index in [1.807, 2.05) is 0 Å². The summed E-state index contributed by atoms with van der Waals surface area (Å²) in [5.41, 5.74) is 3.11. The number of hydrazine groups is 1. The summed E-state index contributed by atoms with van der Waals surface area (Å²) in [5, 5.41) is 0. The van der Waals surface area contributed by atoms with E-state index in [0.29, 0.717) is 5.69 Å². The molecule has 4 nitrogen and oxygen atoms in total. The van der Waals surface area contributed by atoms with Crippen molar-refractivity contribution >= 4 is 0 Å². The van der Waals surface area contributed by atoms with Gasteiger partial charge in [0, 0.05) is 24.0 Å². The number of nitrogens with two attached hydrogens (primary N) is 1. The Hall–Kier alpha value is -1.92. The number of rotatable bonds is 3. The third-order valence-electron chi connectivity index (χ3n) is 2.32. The third kappa shape index (κ3) is 2.43. The van der Waals surface area contributed by atoms with Crippen molar-refractivity contribution in [2.24, 2.45) is 5.84 Å². The second-order valence-corrected chi connectivity index (χ2v) is 3.40. The monoisotopic (exact) mass is 236 g/mol. The lowest BCUT2D eigenvalue weighted by atomic mass is 10.0. The molecule has 1 aromatic heterocycles. The Morgan fingerprint density at radius 1 is 1.24 bits per heavy atom.